The van der Waals surface area contributed by atoms with Crippen LogP contribution in [0.25, 0.3) is 0 Å². The number of imidazole rings is 1. The van der Waals surface area contributed by atoms with Crippen LogP contribution in [0, 0.1) is 0 Å². The third kappa shape index (κ3) is 4.89. The number of hydrogen-bond acceptors (Lipinski definition) is 8. The van der Waals surface area contributed by atoms with E-state index < -0.39 is 5.97 Å². The third-order valence-corrected chi connectivity index (χ3v) is 6.56. The molecule has 0 radical (unpaired) electrons. The van der Waals surface area contributed by atoms with E-state index in [1.807, 2.05) is 11.8 Å². The molecule has 10 nitrogen and oxygen atoms in total. The first-order valence-electron chi connectivity index (χ1n) is 9.89. The van der Waals surface area contributed by atoms with Crippen LogP contribution in [-0.2, 0) is 11.2 Å². The predicted molar refractivity (Wildman–Crippen MR) is 116 cm³/mol. The number of piperidine rings is 1. The number of anilines is 1. The number of carbonyl (C=O) groups is 3. The van der Waals surface area contributed by atoms with Crippen LogP contribution in [0.3, 0.4) is 0 Å². The van der Waals surface area contributed by atoms with E-state index in [1.165, 1.54) is 0 Å². The second-order valence-electron chi connectivity index (χ2n) is 7.05. The summed E-state index contributed by atoms with van der Waals surface area (Å²) in [5, 5.41) is 13.1. The molecular formula is C19H24ClN5O5S. The molecule has 1 aliphatic heterocycles. The second kappa shape index (κ2) is 9.75. The molecule has 12 heteroatoms. The Morgan fingerprint density at radius 2 is 2.10 bits per heavy atom. The molecule has 3 N–H and O–H groups in total. The van der Waals surface area contributed by atoms with Crippen LogP contribution in [0.1, 0.15) is 63.2 Å². The van der Waals surface area contributed by atoms with Crippen molar-refractivity contribution in [1.29, 1.82) is 0 Å². The maximum Gasteiger partial charge on any atom is 0.348 e. The highest BCUT2D eigenvalue weighted by atomic mass is 35.5. The average molecular weight is 470 g/mol. The number of ketones is 1. The summed E-state index contributed by atoms with van der Waals surface area (Å²) in [6, 6.07) is -0.279. The normalized spacial score (nSPS) is 18.8. The van der Waals surface area contributed by atoms with Gasteiger partial charge in [0.15, 0.2) is 21.9 Å². The Balaban J connectivity index is 1.72. The zero-order valence-corrected chi connectivity index (χ0v) is 19.0. The smallest absolute Gasteiger partial charge is 0.348 e. The molecule has 1 fully saturated rings. The lowest BCUT2D eigenvalue weighted by Gasteiger charge is -2.37. The van der Waals surface area contributed by atoms with Gasteiger partial charge in [0.1, 0.15) is 10.6 Å². The fourth-order valence-corrected chi connectivity index (χ4v) is 4.63. The van der Waals surface area contributed by atoms with Crippen LogP contribution in [0.4, 0.5) is 5.13 Å². The van der Waals surface area contributed by atoms with E-state index in [2.05, 4.69) is 20.3 Å². The third-order valence-electron chi connectivity index (χ3n) is 5.14. The number of aromatic amines is 1. The molecule has 1 aliphatic rings. The van der Waals surface area contributed by atoms with E-state index in [9.17, 15) is 19.5 Å². The summed E-state index contributed by atoms with van der Waals surface area (Å²) in [6.07, 6.45) is 0.983. The summed E-state index contributed by atoms with van der Waals surface area (Å²) in [7, 11) is 1.54. The molecule has 168 valence electrons. The van der Waals surface area contributed by atoms with Crippen molar-refractivity contribution >= 4 is 45.7 Å². The number of carbonyl (C=O) groups excluding carboxylic acids is 2. The van der Waals surface area contributed by atoms with Crippen molar-refractivity contribution in [3.63, 3.8) is 0 Å². The summed E-state index contributed by atoms with van der Waals surface area (Å²) in [4.78, 5) is 49.3. The quantitative estimate of drug-likeness (QED) is 0.501. The first-order chi connectivity index (χ1) is 14.8. The van der Waals surface area contributed by atoms with Gasteiger partial charge in [-0.1, -0.05) is 36.8 Å². The minimum atomic E-state index is -1.17. The number of aromatic nitrogens is 3. The van der Waals surface area contributed by atoms with Crippen molar-refractivity contribution in [2.24, 2.45) is 0 Å². The largest absolute Gasteiger partial charge is 0.477 e. The molecule has 3 rings (SSSR count). The van der Waals surface area contributed by atoms with Gasteiger partial charge in [0.2, 0.25) is 0 Å². The van der Waals surface area contributed by atoms with Crippen molar-refractivity contribution in [3.05, 3.63) is 27.2 Å². The van der Waals surface area contributed by atoms with Gasteiger partial charge in [-0.15, -0.1) is 0 Å². The van der Waals surface area contributed by atoms with E-state index in [4.69, 9.17) is 16.3 Å². The fraction of sp³-hybridized carbons (Fsp3) is 0.526. The van der Waals surface area contributed by atoms with Crippen LogP contribution < -0.4 is 10.2 Å². The molecule has 31 heavy (non-hydrogen) atoms. The zero-order chi connectivity index (χ0) is 22.7. The van der Waals surface area contributed by atoms with Crippen LogP contribution >= 0.6 is 22.9 Å². The first kappa shape index (κ1) is 23.2. The number of aryl methyl sites for hydroxylation is 1. The number of rotatable bonds is 8. The Morgan fingerprint density at radius 3 is 2.68 bits per heavy atom. The van der Waals surface area contributed by atoms with Crippen molar-refractivity contribution in [3.8, 4) is 0 Å². The van der Waals surface area contributed by atoms with Crippen molar-refractivity contribution < 1.29 is 24.2 Å². The van der Waals surface area contributed by atoms with Crippen LogP contribution in [-0.4, -0.2) is 70.1 Å². The number of methoxy groups -OCH3 is 1. The lowest BCUT2D eigenvalue weighted by Crippen LogP contribution is -2.55. The number of amides is 1. The topological polar surface area (TPSA) is 138 Å². The van der Waals surface area contributed by atoms with Gasteiger partial charge in [0.05, 0.1) is 17.8 Å². The van der Waals surface area contributed by atoms with Gasteiger partial charge in [0.25, 0.3) is 5.91 Å². The Labute approximate surface area is 188 Å². The number of aromatic carboxylic acids is 1. The SMILES string of the molecule is CCC(=O)c1nc(N2CC[C@@H](NC(=O)c3nc(Cl)c(CC)[nH]3)[C@@H](OC)C2)sc1C(=O)O. The number of ether oxygens (including phenoxy) is 1. The van der Waals surface area contributed by atoms with E-state index >= 15 is 0 Å². The zero-order valence-electron chi connectivity index (χ0n) is 17.4. The fourth-order valence-electron chi connectivity index (χ4n) is 3.41. The Hall–Kier alpha value is -2.50. The number of halogens is 1. The molecule has 0 unspecified atom stereocenters. The summed E-state index contributed by atoms with van der Waals surface area (Å²) >= 11 is 6.99. The molecule has 0 aliphatic carbocycles. The van der Waals surface area contributed by atoms with E-state index in [-0.39, 0.29) is 51.8 Å². The van der Waals surface area contributed by atoms with Crippen molar-refractivity contribution in [1.82, 2.24) is 20.3 Å². The molecule has 2 atom stereocenters. The molecule has 1 amide bonds. The summed E-state index contributed by atoms with van der Waals surface area (Å²) in [6.45, 7) is 4.46. The summed E-state index contributed by atoms with van der Waals surface area (Å²) in [5.74, 6) is -1.71. The lowest BCUT2D eigenvalue weighted by molar-refractivity contribution is 0.0538. The maximum absolute atomic E-state index is 12.6. The minimum absolute atomic E-state index is 0.0131. The highest BCUT2D eigenvalue weighted by molar-refractivity contribution is 7.17. The minimum Gasteiger partial charge on any atom is -0.477 e. The molecule has 0 aromatic carbocycles. The number of carboxylic acids is 1. The Kier molecular flexibility index (Phi) is 7.29. The highest BCUT2D eigenvalue weighted by Gasteiger charge is 2.34. The van der Waals surface area contributed by atoms with Crippen molar-refractivity contribution in [2.75, 3.05) is 25.1 Å². The Morgan fingerprint density at radius 1 is 1.35 bits per heavy atom. The maximum atomic E-state index is 12.6. The lowest BCUT2D eigenvalue weighted by atomic mass is 10.0. The molecule has 3 heterocycles. The number of hydrogen-bond donors (Lipinski definition) is 3. The van der Waals surface area contributed by atoms with Gasteiger partial charge in [0, 0.05) is 26.6 Å². The van der Waals surface area contributed by atoms with Gasteiger partial charge in [-0.3, -0.25) is 9.59 Å². The van der Waals surface area contributed by atoms with Gasteiger partial charge < -0.3 is 25.0 Å². The average Bonchev–Trinajstić information content (AvgIpc) is 3.37. The number of nitrogens with zero attached hydrogens (tertiary/aromatic N) is 3. The molecule has 0 bridgehead atoms. The van der Waals surface area contributed by atoms with Gasteiger partial charge in [-0.25, -0.2) is 14.8 Å². The predicted octanol–water partition coefficient (Wildman–Crippen LogP) is 2.40. The molecule has 0 spiro atoms. The Bertz CT molecular complexity index is 990. The number of Topliss-reactive ketones (excluding diaryl/α,β-unsaturated/α-hetero) is 1. The number of nitrogens with one attached hydrogen (secondary N) is 2. The van der Waals surface area contributed by atoms with Gasteiger partial charge in [-0.05, 0) is 12.8 Å². The van der Waals surface area contributed by atoms with Crippen LogP contribution in [0.2, 0.25) is 5.15 Å². The second-order valence-corrected chi connectivity index (χ2v) is 8.39. The molecular weight excluding hydrogens is 446 g/mol. The number of H-pyrrole nitrogens is 1. The van der Waals surface area contributed by atoms with Crippen LogP contribution in [0.15, 0.2) is 0 Å². The van der Waals surface area contributed by atoms with Crippen molar-refractivity contribution in [2.45, 2.75) is 45.3 Å². The molecule has 2 aromatic heterocycles. The van der Waals surface area contributed by atoms with Gasteiger partial charge in [-0.2, -0.15) is 0 Å². The molecule has 1 saturated heterocycles. The number of thiazole rings is 1. The number of carboxylic acid groups (broad SMARTS) is 1. The summed E-state index contributed by atoms with van der Waals surface area (Å²) in [5.41, 5.74) is 0.682. The van der Waals surface area contributed by atoms with Crippen LogP contribution in [0.5, 0.6) is 0 Å². The van der Waals surface area contributed by atoms with E-state index in [0.717, 1.165) is 11.3 Å². The highest BCUT2D eigenvalue weighted by Crippen LogP contribution is 2.30. The van der Waals surface area contributed by atoms with Gasteiger partial charge >= 0.3 is 5.97 Å². The first-order valence-corrected chi connectivity index (χ1v) is 11.1. The summed E-state index contributed by atoms with van der Waals surface area (Å²) < 4.78 is 5.58. The standard InChI is InChI=1S/C19H24ClN5O5S/c1-4-9-15(20)24-16(21-9)17(27)22-10-6-7-25(8-12(10)30-3)19-23-13(11(26)5-2)14(31-19)18(28)29/h10,12H,4-8H2,1-3H3,(H,21,24)(H,22,27)(H,28,29)/t10-,12+/m1/s1. The van der Waals surface area contributed by atoms with E-state index in [0.29, 0.717) is 36.8 Å². The molecule has 0 saturated carbocycles. The monoisotopic (exact) mass is 469 g/mol. The molecule has 2 aromatic rings. The van der Waals surface area contributed by atoms with E-state index in [1.54, 1.807) is 14.0 Å².